The highest BCUT2D eigenvalue weighted by atomic mass is 32.2. The number of hydrogen-bond donors (Lipinski definition) is 1. The van der Waals surface area contributed by atoms with E-state index in [9.17, 15) is 8.42 Å². The van der Waals surface area contributed by atoms with Crippen LogP contribution in [0.3, 0.4) is 0 Å². The Labute approximate surface area is 87.3 Å². The Morgan fingerprint density at radius 1 is 1.60 bits per heavy atom. The van der Waals surface area contributed by atoms with Gasteiger partial charge in [-0.25, -0.2) is 0 Å². The lowest BCUT2D eigenvalue weighted by atomic mass is 10.5. The third-order valence-corrected chi connectivity index (χ3v) is 2.52. The highest BCUT2D eigenvalue weighted by Crippen LogP contribution is 2.06. The second-order valence-electron chi connectivity index (χ2n) is 2.93. The van der Waals surface area contributed by atoms with E-state index >= 15 is 0 Å². The second-order valence-corrected chi connectivity index (χ2v) is 4.51. The van der Waals surface area contributed by atoms with Crippen LogP contribution in [0.2, 0.25) is 0 Å². The van der Waals surface area contributed by atoms with Crippen LogP contribution in [0.5, 0.6) is 0 Å². The van der Waals surface area contributed by atoms with Crippen LogP contribution in [0.4, 0.5) is 5.95 Å². The summed E-state index contributed by atoms with van der Waals surface area (Å²) in [5.74, 6) is 0.273. The molecular weight excluding hydrogens is 220 g/mol. The molecule has 1 aromatic heterocycles. The van der Waals surface area contributed by atoms with E-state index in [-0.39, 0.29) is 18.1 Å². The predicted octanol–water partition coefficient (Wildman–Crippen LogP) is 0.415. The molecule has 0 aliphatic rings. The molecule has 0 amide bonds. The van der Waals surface area contributed by atoms with Crippen LogP contribution in [-0.4, -0.2) is 33.5 Å². The lowest BCUT2D eigenvalue weighted by Gasteiger charge is -1.97. The van der Waals surface area contributed by atoms with Crippen LogP contribution in [0.1, 0.15) is 12.2 Å². The molecule has 82 valence electrons. The van der Waals surface area contributed by atoms with Gasteiger partial charge in [0.25, 0.3) is 10.1 Å². The lowest BCUT2D eigenvalue weighted by molar-refractivity contribution is 0.475. The zero-order valence-electron chi connectivity index (χ0n) is 8.08. The standard InChI is InChI=1S/C7H10N4O3S/c1-6-9-7(8-2)10-11(6)4-3-5-15(12,13)14/h3-5H2,1H3,(H,12,13,14). The van der Waals surface area contributed by atoms with Gasteiger partial charge in [0.2, 0.25) is 0 Å². The van der Waals surface area contributed by atoms with Gasteiger partial charge in [-0.3, -0.25) is 4.55 Å². The Hall–Kier alpha value is -1.46. The highest BCUT2D eigenvalue weighted by molar-refractivity contribution is 7.85. The van der Waals surface area contributed by atoms with Gasteiger partial charge in [-0.2, -0.15) is 13.1 Å². The highest BCUT2D eigenvalue weighted by Gasteiger charge is 2.10. The van der Waals surface area contributed by atoms with Crippen molar-refractivity contribution in [3.8, 4) is 0 Å². The first-order chi connectivity index (χ1) is 6.92. The summed E-state index contributed by atoms with van der Waals surface area (Å²) < 4.78 is 30.8. The maximum atomic E-state index is 10.4. The van der Waals surface area contributed by atoms with E-state index in [0.717, 1.165) is 0 Å². The van der Waals surface area contributed by atoms with Crippen molar-refractivity contribution in [2.24, 2.45) is 0 Å². The fourth-order valence-electron chi connectivity index (χ4n) is 1.06. The van der Waals surface area contributed by atoms with Crippen molar-refractivity contribution in [1.82, 2.24) is 14.8 Å². The zero-order chi connectivity index (χ0) is 11.5. The molecule has 0 fully saturated rings. The summed E-state index contributed by atoms with van der Waals surface area (Å²) in [6.07, 6.45) is 0.237. The Kier molecular flexibility index (Phi) is 3.39. The van der Waals surface area contributed by atoms with Crippen LogP contribution in [0.15, 0.2) is 0 Å². The molecule has 0 radical (unpaired) electrons. The topological polar surface area (TPSA) is 89.4 Å². The Bertz CT molecular complexity index is 485. The summed E-state index contributed by atoms with van der Waals surface area (Å²) >= 11 is 0. The number of rotatable bonds is 4. The largest absolute Gasteiger partial charge is 0.393 e. The third kappa shape index (κ3) is 3.65. The van der Waals surface area contributed by atoms with Crippen molar-refractivity contribution in [2.75, 3.05) is 5.75 Å². The first-order valence-electron chi connectivity index (χ1n) is 4.16. The molecule has 0 aromatic carbocycles. The number of aromatic nitrogens is 3. The van der Waals surface area contributed by atoms with E-state index < -0.39 is 10.1 Å². The van der Waals surface area contributed by atoms with Gasteiger partial charge >= 0.3 is 5.95 Å². The molecule has 0 spiro atoms. The van der Waals surface area contributed by atoms with Crippen LogP contribution in [0.25, 0.3) is 4.85 Å². The van der Waals surface area contributed by atoms with E-state index in [0.29, 0.717) is 12.4 Å². The van der Waals surface area contributed by atoms with Gasteiger partial charge in [0.1, 0.15) is 0 Å². The molecule has 0 aliphatic heterocycles. The minimum absolute atomic E-state index is 0.0411. The summed E-state index contributed by atoms with van der Waals surface area (Å²) in [7, 11) is -3.93. The average molecular weight is 230 g/mol. The normalized spacial score (nSPS) is 11.3. The molecule has 7 nitrogen and oxygen atoms in total. The fourth-order valence-corrected chi connectivity index (χ4v) is 1.55. The minimum Gasteiger partial charge on any atom is -0.393 e. The molecule has 8 heteroatoms. The molecule has 0 atom stereocenters. The van der Waals surface area contributed by atoms with Crippen LogP contribution < -0.4 is 0 Å². The molecule has 0 saturated carbocycles. The van der Waals surface area contributed by atoms with Crippen molar-refractivity contribution >= 4 is 16.1 Å². The number of nitrogens with zero attached hydrogens (tertiary/aromatic N) is 4. The van der Waals surface area contributed by atoms with E-state index in [4.69, 9.17) is 11.1 Å². The molecule has 0 bridgehead atoms. The molecule has 1 heterocycles. The SMILES string of the molecule is [C-]#[N+]c1nc(C)n(CCCS(=O)(=O)O)n1. The summed E-state index contributed by atoms with van der Waals surface area (Å²) in [4.78, 5) is 6.88. The van der Waals surface area contributed by atoms with Crippen molar-refractivity contribution in [3.63, 3.8) is 0 Å². The fraction of sp³-hybridized carbons (Fsp3) is 0.571. The van der Waals surface area contributed by atoms with Crippen molar-refractivity contribution < 1.29 is 13.0 Å². The summed E-state index contributed by atoms with van der Waals surface area (Å²) in [6.45, 7) is 8.67. The van der Waals surface area contributed by atoms with E-state index in [1.54, 1.807) is 6.92 Å². The van der Waals surface area contributed by atoms with Crippen molar-refractivity contribution in [2.45, 2.75) is 19.9 Å². The van der Waals surface area contributed by atoms with Gasteiger partial charge in [-0.05, 0) is 6.42 Å². The quantitative estimate of drug-likeness (QED) is 0.598. The molecule has 0 saturated heterocycles. The molecule has 15 heavy (non-hydrogen) atoms. The molecule has 1 rings (SSSR count). The van der Waals surface area contributed by atoms with Gasteiger partial charge in [-0.1, -0.05) is 5.10 Å². The lowest BCUT2D eigenvalue weighted by Crippen LogP contribution is -2.09. The first-order valence-corrected chi connectivity index (χ1v) is 5.77. The average Bonchev–Trinajstić information content (AvgIpc) is 2.45. The van der Waals surface area contributed by atoms with Gasteiger partial charge in [0, 0.05) is 6.92 Å². The van der Waals surface area contributed by atoms with Gasteiger partial charge < -0.3 is 4.85 Å². The van der Waals surface area contributed by atoms with Crippen molar-refractivity contribution in [3.05, 3.63) is 17.2 Å². The van der Waals surface area contributed by atoms with Gasteiger partial charge in [-0.15, -0.1) is 11.6 Å². The maximum Gasteiger partial charge on any atom is 0.393 e. The molecule has 0 unspecified atom stereocenters. The predicted molar refractivity (Wildman–Crippen MR) is 52.1 cm³/mol. The Morgan fingerprint density at radius 3 is 2.73 bits per heavy atom. The van der Waals surface area contributed by atoms with Gasteiger partial charge in [0.05, 0.1) is 12.3 Å². The van der Waals surface area contributed by atoms with E-state index in [1.165, 1.54) is 4.68 Å². The van der Waals surface area contributed by atoms with E-state index in [1.807, 2.05) is 0 Å². The Morgan fingerprint density at radius 2 is 2.27 bits per heavy atom. The summed E-state index contributed by atoms with van der Waals surface area (Å²) in [5.41, 5.74) is 0. The van der Waals surface area contributed by atoms with Crippen LogP contribution in [-0.2, 0) is 16.7 Å². The third-order valence-electron chi connectivity index (χ3n) is 1.72. The smallest absolute Gasteiger partial charge is 0.393 e. The molecular formula is C7H10N4O3S. The molecule has 1 aromatic rings. The maximum absolute atomic E-state index is 10.4. The monoisotopic (exact) mass is 230 g/mol. The Balaban J connectivity index is 2.59. The van der Waals surface area contributed by atoms with Crippen molar-refractivity contribution in [1.29, 1.82) is 0 Å². The van der Waals surface area contributed by atoms with E-state index in [2.05, 4.69) is 14.9 Å². The van der Waals surface area contributed by atoms with Crippen LogP contribution in [0, 0.1) is 13.5 Å². The molecule has 1 N–H and O–H groups in total. The first kappa shape index (κ1) is 11.6. The number of hydrogen-bond acceptors (Lipinski definition) is 4. The van der Waals surface area contributed by atoms with Gasteiger partial charge in [0.15, 0.2) is 5.82 Å². The second kappa shape index (κ2) is 4.37. The number of aryl methyl sites for hydroxylation is 2. The summed E-state index contributed by atoms with van der Waals surface area (Å²) in [6, 6.07) is 0. The minimum atomic E-state index is -3.93. The summed E-state index contributed by atoms with van der Waals surface area (Å²) in [5, 5.41) is 3.82. The zero-order valence-corrected chi connectivity index (χ0v) is 8.90. The molecule has 0 aliphatic carbocycles. The van der Waals surface area contributed by atoms with Crippen LogP contribution >= 0.6 is 0 Å².